The number of amides is 1. The number of likely N-dealkylation sites (tertiary alicyclic amines) is 1. The number of nitrogens with one attached hydrogen (secondary N) is 1. The predicted molar refractivity (Wildman–Crippen MR) is 61.9 cm³/mol. The third kappa shape index (κ3) is 2.25. The maximum absolute atomic E-state index is 12.1. The van der Waals surface area contributed by atoms with E-state index in [-0.39, 0.29) is 29.8 Å². The highest BCUT2D eigenvalue weighted by molar-refractivity contribution is 5.91. The zero-order valence-electron chi connectivity index (χ0n) is 10.2. The molecule has 0 aromatic rings. The number of Topliss-reactive ketones (excluding diaryl/α,β-unsaturated/α-hetero) is 1. The Morgan fingerprint density at radius 3 is 2.69 bits per heavy atom. The Hall–Kier alpha value is -0.940. The van der Waals surface area contributed by atoms with Crippen LogP contribution in [0.4, 0.5) is 0 Å². The van der Waals surface area contributed by atoms with Crippen LogP contribution >= 0.6 is 0 Å². The molecule has 3 atom stereocenters. The van der Waals surface area contributed by atoms with Gasteiger partial charge in [0.15, 0.2) is 5.78 Å². The summed E-state index contributed by atoms with van der Waals surface area (Å²) in [4.78, 5) is 25.2. The second-order valence-electron chi connectivity index (χ2n) is 4.25. The average Bonchev–Trinajstić information content (AvgIpc) is 2.57. The minimum absolute atomic E-state index is 0.000000000000000444. The first kappa shape index (κ1) is 13.1. The second-order valence-corrected chi connectivity index (χ2v) is 4.25. The summed E-state index contributed by atoms with van der Waals surface area (Å²) in [5, 5.41) is 2.97. The Bertz CT molecular complexity index is 280. The summed E-state index contributed by atoms with van der Waals surface area (Å²) in [5.41, 5.74) is 5.66. The van der Waals surface area contributed by atoms with Crippen LogP contribution in [-0.4, -0.2) is 48.3 Å². The Morgan fingerprint density at radius 2 is 2.31 bits per heavy atom. The molecule has 0 spiro atoms. The quantitative estimate of drug-likeness (QED) is 0.664. The summed E-state index contributed by atoms with van der Waals surface area (Å²) in [6, 6.07) is -0.528. The maximum Gasteiger partial charge on any atom is 0.240 e. The molecule has 3 unspecified atom stereocenters. The third-order valence-corrected chi connectivity index (χ3v) is 3.27. The molecule has 3 N–H and O–H groups in total. The molecular weight excluding hydrogens is 206 g/mol. The summed E-state index contributed by atoms with van der Waals surface area (Å²) in [7, 11) is 1.76. The van der Waals surface area contributed by atoms with Crippen LogP contribution in [0, 0.1) is 0 Å². The molecule has 1 amide bonds. The molecule has 5 heteroatoms. The lowest BCUT2D eigenvalue weighted by molar-refractivity contribution is -0.138. The normalized spacial score (nSPS) is 27.2. The molecule has 16 heavy (non-hydrogen) atoms. The molecule has 0 aromatic carbocycles. The van der Waals surface area contributed by atoms with Crippen molar-refractivity contribution in [3.05, 3.63) is 0 Å². The third-order valence-electron chi connectivity index (χ3n) is 3.27. The molecule has 1 rings (SSSR count). The molecule has 92 valence electrons. The monoisotopic (exact) mass is 227 g/mol. The number of hydrogen-bond donors (Lipinski definition) is 2. The van der Waals surface area contributed by atoms with Gasteiger partial charge in [-0.3, -0.25) is 9.59 Å². The fourth-order valence-corrected chi connectivity index (χ4v) is 2.39. The number of nitrogens with zero attached hydrogens (tertiary/aromatic N) is 1. The molecule has 0 bridgehead atoms. The van der Waals surface area contributed by atoms with Crippen LogP contribution in [-0.2, 0) is 9.59 Å². The van der Waals surface area contributed by atoms with Crippen LogP contribution in [0.5, 0.6) is 0 Å². The van der Waals surface area contributed by atoms with Crippen LogP contribution in [0.25, 0.3) is 0 Å². The minimum Gasteiger partial charge on any atom is -0.328 e. The largest absolute Gasteiger partial charge is 0.328 e. The van der Waals surface area contributed by atoms with Gasteiger partial charge in [0.1, 0.15) is 0 Å². The Morgan fingerprint density at radius 1 is 1.69 bits per heavy atom. The SMILES string of the molecule is CCC(C(C)=O)N1C(=O)C(NC)CC1CN. The van der Waals surface area contributed by atoms with E-state index in [0.29, 0.717) is 19.4 Å². The Balaban J connectivity index is 2.90. The lowest BCUT2D eigenvalue weighted by atomic mass is 10.1. The smallest absolute Gasteiger partial charge is 0.240 e. The van der Waals surface area contributed by atoms with Gasteiger partial charge in [0.2, 0.25) is 5.91 Å². The van der Waals surface area contributed by atoms with Gasteiger partial charge in [-0.2, -0.15) is 0 Å². The predicted octanol–water partition coefficient (Wildman–Crippen LogP) is -0.498. The van der Waals surface area contributed by atoms with Gasteiger partial charge in [0.25, 0.3) is 0 Å². The minimum atomic E-state index is -0.320. The molecule has 0 aromatic heterocycles. The van der Waals surface area contributed by atoms with Crippen LogP contribution < -0.4 is 11.1 Å². The second kappa shape index (κ2) is 5.41. The van der Waals surface area contributed by atoms with E-state index >= 15 is 0 Å². The van der Waals surface area contributed by atoms with E-state index in [1.54, 1.807) is 11.9 Å². The summed E-state index contributed by atoms with van der Waals surface area (Å²) >= 11 is 0. The zero-order chi connectivity index (χ0) is 12.3. The molecule has 0 aliphatic carbocycles. The van der Waals surface area contributed by atoms with E-state index in [2.05, 4.69) is 5.32 Å². The molecule has 1 aliphatic rings. The summed E-state index contributed by atoms with van der Waals surface area (Å²) in [6.07, 6.45) is 1.34. The van der Waals surface area contributed by atoms with E-state index in [9.17, 15) is 9.59 Å². The topological polar surface area (TPSA) is 75.4 Å². The van der Waals surface area contributed by atoms with Crippen molar-refractivity contribution in [3.63, 3.8) is 0 Å². The molecule has 1 heterocycles. The molecule has 1 fully saturated rings. The van der Waals surface area contributed by atoms with Crippen LogP contribution in [0.2, 0.25) is 0 Å². The number of likely N-dealkylation sites (N-methyl/N-ethyl adjacent to an activating group) is 1. The highest BCUT2D eigenvalue weighted by atomic mass is 16.2. The number of carbonyl (C=O) groups is 2. The first-order chi connectivity index (χ1) is 7.56. The van der Waals surface area contributed by atoms with Gasteiger partial charge >= 0.3 is 0 Å². The van der Waals surface area contributed by atoms with E-state index in [1.807, 2.05) is 6.92 Å². The van der Waals surface area contributed by atoms with Gasteiger partial charge < -0.3 is 16.0 Å². The van der Waals surface area contributed by atoms with Crippen molar-refractivity contribution < 1.29 is 9.59 Å². The van der Waals surface area contributed by atoms with Crippen molar-refractivity contribution in [1.29, 1.82) is 0 Å². The summed E-state index contributed by atoms with van der Waals surface area (Å²) in [5.74, 6) is 0.0334. The van der Waals surface area contributed by atoms with Crippen molar-refractivity contribution in [2.24, 2.45) is 5.73 Å². The van der Waals surface area contributed by atoms with Gasteiger partial charge in [0, 0.05) is 12.6 Å². The number of carbonyl (C=O) groups excluding carboxylic acids is 2. The average molecular weight is 227 g/mol. The van der Waals surface area contributed by atoms with Crippen LogP contribution in [0.1, 0.15) is 26.7 Å². The molecule has 1 saturated heterocycles. The van der Waals surface area contributed by atoms with E-state index < -0.39 is 0 Å². The van der Waals surface area contributed by atoms with Gasteiger partial charge in [-0.1, -0.05) is 6.92 Å². The van der Waals surface area contributed by atoms with Crippen LogP contribution in [0.15, 0.2) is 0 Å². The lowest BCUT2D eigenvalue weighted by Crippen LogP contribution is -2.49. The van der Waals surface area contributed by atoms with E-state index in [4.69, 9.17) is 5.73 Å². The van der Waals surface area contributed by atoms with Crippen molar-refractivity contribution in [2.75, 3.05) is 13.6 Å². The Labute approximate surface area is 96.4 Å². The Kier molecular flexibility index (Phi) is 4.44. The number of nitrogens with two attached hydrogens (primary N) is 1. The van der Waals surface area contributed by atoms with Gasteiger partial charge in [-0.25, -0.2) is 0 Å². The van der Waals surface area contributed by atoms with Crippen molar-refractivity contribution in [3.8, 4) is 0 Å². The van der Waals surface area contributed by atoms with E-state index in [0.717, 1.165) is 0 Å². The number of ketones is 1. The summed E-state index contributed by atoms with van der Waals surface area (Å²) < 4.78 is 0. The number of hydrogen-bond acceptors (Lipinski definition) is 4. The summed E-state index contributed by atoms with van der Waals surface area (Å²) in [6.45, 7) is 3.86. The highest BCUT2D eigenvalue weighted by Crippen LogP contribution is 2.23. The number of rotatable bonds is 5. The van der Waals surface area contributed by atoms with Gasteiger partial charge in [0.05, 0.1) is 12.1 Å². The lowest BCUT2D eigenvalue weighted by Gasteiger charge is -2.30. The van der Waals surface area contributed by atoms with Crippen molar-refractivity contribution in [2.45, 2.75) is 44.8 Å². The molecule has 5 nitrogen and oxygen atoms in total. The van der Waals surface area contributed by atoms with E-state index in [1.165, 1.54) is 6.92 Å². The molecule has 0 radical (unpaired) electrons. The van der Waals surface area contributed by atoms with Gasteiger partial charge in [-0.05, 0) is 26.8 Å². The standard InChI is InChI=1S/C11H21N3O2/c1-4-10(7(2)15)14-8(6-12)5-9(13-3)11(14)16/h8-10,13H,4-6,12H2,1-3H3. The molecule has 1 aliphatic heterocycles. The van der Waals surface area contributed by atoms with Crippen LogP contribution in [0.3, 0.4) is 0 Å². The first-order valence-electron chi connectivity index (χ1n) is 5.76. The molecule has 0 saturated carbocycles. The highest BCUT2D eigenvalue weighted by Gasteiger charge is 2.42. The fraction of sp³-hybridized carbons (Fsp3) is 0.818. The fourth-order valence-electron chi connectivity index (χ4n) is 2.39. The first-order valence-corrected chi connectivity index (χ1v) is 5.76. The maximum atomic E-state index is 12.1. The van der Waals surface area contributed by atoms with Crippen molar-refractivity contribution >= 4 is 11.7 Å². The molecular formula is C11H21N3O2. The zero-order valence-corrected chi connectivity index (χ0v) is 10.2. The van der Waals surface area contributed by atoms with Gasteiger partial charge in [-0.15, -0.1) is 0 Å². The van der Waals surface area contributed by atoms with Crippen molar-refractivity contribution in [1.82, 2.24) is 10.2 Å².